The molecule has 0 bridgehead atoms. The predicted molar refractivity (Wildman–Crippen MR) is 144 cm³/mol. The van der Waals surface area contributed by atoms with Crippen molar-refractivity contribution in [3.63, 3.8) is 0 Å². The molecule has 0 radical (unpaired) electrons. The van der Waals surface area contributed by atoms with E-state index in [4.69, 9.17) is 10.6 Å². The van der Waals surface area contributed by atoms with Crippen molar-refractivity contribution >= 4 is 26.8 Å². The van der Waals surface area contributed by atoms with E-state index in [1.165, 1.54) is 0 Å². The third-order valence-electron chi connectivity index (χ3n) is 5.87. The molecule has 4 aromatic rings. The number of nitrogens with zero attached hydrogens (tertiary/aromatic N) is 2. The SMILES string of the molecule is CC(C)S(=O)(=O)NCCCOc1ccc(-c2ccc(-c3cc(C(=O)NN)c4cnccc4n3)cc2)cc1. The van der Waals surface area contributed by atoms with Crippen molar-refractivity contribution in [3.8, 4) is 28.1 Å². The first-order valence-electron chi connectivity index (χ1n) is 11.9. The highest BCUT2D eigenvalue weighted by molar-refractivity contribution is 7.90. The summed E-state index contributed by atoms with van der Waals surface area (Å²) in [6, 6.07) is 19.1. The average Bonchev–Trinajstić information content (AvgIpc) is 2.92. The predicted octanol–water partition coefficient (Wildman–Crippen LogP) is 3.66. The Bertz CT molecular complexity index is 1490. The summed E-state index contributed by atoms with van der Waals surface area (Å²) in [5.41, 5.74) is 6.80. The molecule has 10 heteroatoms. The van der Waals surface area contributed by atoms with Gasteiger partial charge in [-0.2, -0.15) is 0 Å². The molecule has 0 saturated carbocycles. The summed E-state index contributed by atoms with van der Waals surface area (Å²) in [5.74, 6) is 5.68. The quantitative estimate of drug-likeness (QED) is 0.126. The summed E-state index contributed by atoms with van der Waals surface area (Å²) in [5, 5.41) is 0.177. The molecular formula is C27H29N5O4S. The van der Waals surface area contributed by atoms with E-state index >= 15 is 0 Å². The van der Waals surface area contributed by atoms with Crippen LogP contribution in [0.4, 0.5) is 0 Å². The van der Waals surface area contributed by atoms with Crippen molar-refractivity contribution in [3.05, 3.63) is 78.6 Å². The minimum atomic E-state index is -3.25. The first kappa shape index (κ1) is 26.2. The molecule has 0 atom stereocenters. The van der Waals surface area contributed by atoms with Crippen molar-refractivity contribution in [1.82, 2.24) is 20.1 Å². The summed E-state index contributed by atoms with van der Waals surface area (Å²) >= 11 is 0. The number of benzene rings is 2. The number of pyridine rings is 2. The number of aromatic nitrogens is 2. The topological polar surface area (TPSA) is 136 Å². The molecule has 4 rings (SSSR count). The highest BCUT2D eigenvalue weighted by Crippen LogP contribution is 2.28. The van der Waals surface area contributed by atoms with E-state index in [9.17, 15) is 13.2 Å². The molecule has 0 saturated heterocycles. The van der Waals surface area contributed by atoms with Crippen LogP contribution in [0.25, 0.3) is 33.3 Å². The highest BCUT2D eigenvalue weighted by Gasteiger charge is 2.15. The molecule has 2 heterocycles. The van der Waals surface area contributed by atoms with Crippen LogP contribution in [0.15, 0.2) is 73.1 Å². The molecule has 9 nitrogen and oxygen atoms in total. The Morgan fingerprint density at radius 2 is 1.65 bits per heavy atom. The number of ether oxygens (including phenoxy) is 1. The number of carbonyl (C=O) groups excluding carboxylic acids is 1. The Hall–Kier alpha value is -3.86. The lowest BCUT2D eigenvalue weighted by Gasteiger charge is -2.11. The van der Waals surface area contributed by atoms with Crippen molar-refractivity contribution in [2.45, 2.75) is 25.5 Å². The molecule has 0 fully saturated rings. The average molecular weight is 520 g/mol. The standard InChI is InChI=1S/C27H29N5O4S/c1-18(2)37(34,35)30-13-3-15-36-22-10-8-20(9-11-22)19-4-6-21(7-5-19)26-16-23(27(33)32-28)24-17-29-14-12-25(24)31-26/h4-12,14,16-18,30H,3,13,15,28H2,1-2H3,(H,32,33). The van der Waals surface area contributed by atoms with Gasteiger partial charge in [-0.05, 0) is 55.7 Å². The maximum absolute atomic E-state index is 12.3. The number of nitrogen functional groups attached to an aromatic ring is 1. The Kier molecular flexibility index (Phi) is 8.12. The minimum absolute atomic E-state index is 0.340. The van der Waals surface area contributed by atoms with Gasteiger partial charge in [0.05, 0.1) is 28.6 Å². The lowest BCUT2D eigenvalue weighted by Crippen LogP contribution is -2.32. The van der Waals surface area contributed by atoms with Gasteiger partial charge in [0.25, 0.3) is 5.91 Å². The maximum atomic E-state index is 12.3. The zero-order valence-electron chi connectivity index (χ0n) is 20.6. The number of nitrogens with one attached hydrogen (secondary N) is 2. The Morgan fingerprint density at radius 1 is 1.00 bits per heavy atom. The summed E-state index contributed by atoms with van der Waals surface area (Å²) in [4.78, 5) is 21.1. The van der Waals surface area contributed by atoms with E-state index in [0.29, 0.717) is 47.5 Å². The first-order valence-corrected chi connectivity index (χ1v) is 13.4. The number of carbonyl (C=O) groups is 1. The molecule has 0 spiro atoms. The van der Waals surface area contributed by atoms with E-state index in [1.807, 2.05) is 48.5 Å². The highest BCUT2D eigenvalue weighted by atomic mass is 32.2. The number of hydrogen-bond acceptors (Lipinski definition) is 7. The molecule has 2 aromatic carbocycles. The number of hydrazine groups is 1. The van der Waals surface area contributed by atoms with Crippen LogP contribution < -0.4 is 20.7 Å². The fraction of sp³-hybridized carbons (Fsp3) is 0.222. The fourth-order valence-corrected chi connectivity index (χ4v) is 4.46. The monoisotopic (exact) mass is 519 g/mol. The van der Waals surface area contributed by atoms with Crippen molar-refractivity contribution < 1.29 is 17.9 Å². The van der Waals surface area contributed by atoms with Crippen LogP contribution in [-0.4, -0.2) is 42.7 Å². The second kappa shape index (κ2) is 11.5. The smallest absolute Gasteiger partial charge is 0.265 e. The number of hydrogen-bond donors (Lipinski definition) is 3. The first-order chi connectivity index (χ1) is 17.8. The zero-order valence-corrected chi connectivity index (χ0v) is 21.5. The molecular weight excluding hydrogens is 490 g/mol. The molecule has 0 aliphatic carbocycles. The van der Waals surface area contributed by atoms with E-state index in [-0.39, 0.29) is 0 Å². The van der Waals surface area contributed by atoms with E-state index < -0.39 is 21.2 Å². The number of nitrogens with two attached hydrogens (primary N) is 1. The van der Waals surface area contributed by atoms with Gasteiger partial charge >= 0.3 is 0 Å². The number of amides is 1. The number of sulfonamides is 1. The molecule has 37 heavy (non-hydrogen) atoms. The van der Waals surface area contributed by atoms with Crippen molar-refractivity contribution in [2.75, 3.05) is 13.2 Å². The van der Waals surface area contributed by atoms with Crippen LogP contribution in [0.3, 0.4) is 0 Å². The van der Waals surface area contributed by atoms with Gasteiger partial charge in [0.15, 0.2) is 0 Å². The van der Waals surface area contributed by atoms with Gasteiger partial charge in [-0.3, -0.25) is 15.2 Å². The van der Waals surface area contributed by atoms with E-state index in [2.05, 4.69) is 20.1 Å². The normalized spacial score (nSPS) is 11.6. The lowest BCUT2D eigenvalue weighted by atomic mass is 10.0. The van der Waals surface area contributed by atoms with Crippen molar-refractivity contribution in [1.29, 1.82) is 0 Å². The third-order valence-corrected chi connectivity index (χ3v) is 7.72. The van der Waals surface area contributed by atoms with Gasteiger partial charge in [0.1, 0.15) is 5.75 Å². The molecule has 2 aromatic heterocycles. The molecule has 4 N–H and O–H groups in total. The zero-order chi connectivity index (χ0) is 26.4. The lowest BCUT2D eigenvalue weighted by molar-refractivity contribution is 0.0955. The van der Waals surface area contributed by atoms with Crippen LogP contribution in [0, 0.1) is 0 Å². The Labute approximate surface area is 216 Å². The van der Waals surface area contributed by atoms with Gasteiger partial charge in [-0.15, -0.1) is 0 Å². The van der Waals surface area contributed by atoms with Gasteiger partial charge in [-0.25, -0.2) is 24.0 Å². The second-order valence-electron chi connectivity index (χ2n) is 8.71. The Morgan fingerprint density at radius 3 is 2.30 bits per heavy atom. The molecule has 192 valence electrons. The number of fused-ring (bicyclic) bond motifs is 1. The second-order valence-corrected chi connectivity index (χ2v) is 11.0. The largest absolute Gasteiger partial charge is 0.494 e. The minimum Gasteiger partial charge on any atom is -0.494 e. The van der Waals surface area contributed by atoms with Crippen LogP contribution >= 0.6 is 0 Å². The number of rotatable bonds is 10. The summed E-state index contributed by atoms with van der Waals surface area (Å²) in [6.45, 7) is 4.04. The summed E-state index contributed by atoms with van der Waals surface area (Å²) in [6.07, 6.45) is 3.80. The Balaban J connectivity index is 1.42. The van der Waals surface area contributed by atoms with Gasteiger partial charge in [0.2, 0.25) is 10.0 Å². The van der Waals surface area contributed by atoms with Crippen LogP contribution in [0.2, 0.25) is 0 Å². The fourth-order valence-electron chi connectivity index (χ4n) is 3.70. The van der Waals surface area contributed by atoms with Crippen LogP contribution in [0.1, 0.15) is 30.6 Å². The van der Waals surface area contributed by atoms with Crippen molar-refractivity contribution in [2.24, 2.45) is 5.84 Å². The van der Waals surface area contributed by atoms with Gasteiger partial charge in [0, 0.05) is 29.9 Å². The molecule has 0 aliphatic heterocycles. The summed E-state index contributed by atoms with van der Waals surface area (Å²) in [7, 11) is -3.25. The molecule has 0 aliphatic rings. The van der Waals surface area contributed by atoms with Crippen LogP contribution in [-0.2, 0) is 10.0 Å². The van der Waals surface area contributed by atoms with Crippen LogP contribution in [0.5, 0.6) is 5.75 Å². The summed E-state index contributed by atoms with van der Waals surface area (Å²) < 4.78 is 31.8. The van der Waals surface area contributed by atoms with E-state index in [0.717, 1.165) is 16.7 Å². The van der Waals surface area contributed by atoms with Gasteiger partial charge in [-0.1, -0.05) is 36.4 Å². The van der Waals surface area contributed by atoms with E-state index in [1.54, 1.807) is 38.4 Å². The molecule has 1 amide bonds. The molecule has 0 unspecified atom stereocenters. The maximum Gasteiger partial charge on any atom is 0.265 e. The van der Waals surface area contributed by atoms with Gasteiger partial charge < -0.3 is 4.74 Å². The third kappa shape index (κ3) is 6.29.